The molecule has 4 heteroatoms. The molecule has 0 unspecified atom stereocenters. The maximum Gasteiger partial charge on any atom is 0.127 e. The molecular formula is C18H15BrN2O. The highest BCUT2D eigenvalue weighted by Crippen LogP contribution is 2.34. The molecule has 0 radical (unpaired) electrons. The molecule has 2 aromatic carbocycles. The number of nitrogens with zero attached hydrogens (tertiary/aromatic N) is 1. The summed E-state index contributed by atoms with van der Waals surface area (Å²) < 4.78 is 1.04. The number of aliphatic hydroxyl groups excluding tert-OH is 1. The quantitative estimate of drug-likeness (QED) is 0.729. The first-order valence-corrected chi connectivity index (χ1v) is 8.09. The van der Waals surface area contributed by atoms with Gasteiger partial charge in [-0.25, -0.2) is 4.98 Å². The third kappa shape index (κ3) is 2.38. The van der Waals surface area contributed by atoms with Crippen LogP contribution < -0.4 is 5.32 Å². The molecule has 0 saturated heterocycles. The highest BCUT2D eigenvalue weighted by atomic mass is 79.9. The Morgan fingerprint density at radius 1 is 1.09 bits per heavy atom. The Labute approximate surface area is 137 Å². The smallest absolute Gasteiger partial charge is 0.127 e. The summed E-state index contributed by atoms with van der Waals surface area (Å²) in [5, 5.41) is 14.8. The average Bonchev–Trinajstić information content (AvgIpc) is 2.83. The van der Waals surface area contributed by atoms with E-state index in [4.69, 9.17) is 0 Å². The molecule has 1 aromatic heterocycles. The minimum Gasteiger partial charge on any atom is -0.390 e. The minimum absolute atomic E-state index is 0.100. The number of aromatic nitrogens is 1. The van der Waals surface area contributed by atoms with Crippen molar-refractivity contribution in [1.82, 2.24) is 4.98 Å². The van der Waals surface area contributed by atoms with Gasteiger partial charge in [-0.3, -0.25) is 0 Å². The van der Waals surface area contributed by atoms with Gasteiger partial charge in [0.25, 0.3) is 0 Å². The van der Waals surface area contributed by atoms with E-state index in [1.54, 1.807) is 0 Å². The fourth-order valence-corrected chi connectivity index (χ4v) is 3.46. The third-order valence-corrected chi connectivity index (χ3v) is 4.65. The van der Waals surface area contributed by atoms with E-state index in [-0.39, 0.29) is 6.04 Å². The summed E-state index contributed by atoms with van der Waals surface area (Å²) in [6.45, 7) is 0. The van der Waals surface area contributed by atoms with Crippen LogP contribution in [0, 0.1) is 0 Å². The lowest BCUT2D eigenvalue weighted by molar-refractivity contribution is 0.165. The molecule has 0 fully saturated rings. The second kappa shape index (κ2) is 5.38. The number of aliphatic hydroxyl groups is 1. The van der Waals surface area contributed by atoms with Crippen LogP contribution in [0.5, 0.6) is 0 Å². The van der Waals surface area contributed by atoms with E-state index in [1.165, 1.54) is 5.56 Å². The van der Waals surface area contributed by atoms with Crippen LogP contribution in [0.4, 0.5) is 5.82 Å². The molecule has 0 aliphatic heterocycles. The molecule has 0 spiro atoms. The van der Waals surface area contributed by atoms with E-state index in [9.17, 15) is 5.11 Å². The van der Waals surface area contributed by atoms with Crippen LogP contribution >= 0.6 is 15.9 Å². The van der Waals surface area contributed by atoms with Gasteiger partial charge in [0.15, 0.2) is 0 Å². The molecule has 1 aliphatic rings. The minimum atomic E-state index is -0.417. The normalized spacial score (nSPS) is 20.1. The van der Waals surface area contributed by atoms with E-state index >= 15 is 0 Å². The van der Waals surface area contributed by atoms with Crippen molar-refractivity contribution in [3.63, 3.8) is 0 Å². The fraction of sp³-hybridized carbons (Fsp3) is 0.167. The van der Waals surface area contributed by atoms with Gasteiger partial charge in [0, 0.05) is 16.3 Å². The zero-order chi connectivity index (χ0) is 15.1. The molecule has 0 saturated carbocycles. The number of hydrogen-bond acceptors (Lipinski definition) is 3. The number of nitrogens with one attached hydrogen (secondary N) is 1. The Kier molecular flexibility index (Phi) is 3.36. The van der Waals surface area contributed by atoms with Crippen molar-refractivity contribution in [2.24, 2.45) is 0 Å². The van der Waals surface area contributed by atoms with E-state index in [1.807, 2.05) is 42.5 Å². The van der Waals surface area contributed by atoms with Crippen LogP contribution in [0.3, 0.4) is 0 Å². The van der Waals surface area contributed by atoms with Gasteiger partial charge in [0.1, 0.15) is 5.82 Å². The lowest BCUT2D eigenvalue weighted by atomic mass is 10.1. The van der Waals surface area contributed by atoms with Gasteiger partial charge in [-0.1, -0.05) is 40.2 Å². The van der Waals surface area contributed by atoms with E-state index in [0.29, 0.717) is 6.42 Å². The van der Waals surface area contributed by atoms with Crippen molar-refractivity contribution < 1.29 is 5.11 Å². The van der Waals surface area contributed by atoms with Crippen molar-refractivity contribution >= 4 is 32.7 Å². The highest BCUT2D eigenvalue weighted by Gasteiger charge is 2.30. The lowest BCUT2D eigenvalue weighted by Gasteiger charge is -2.18. The molecule has 1 aliphatic carbocycles. The summed E-state index contributed by atoms with van der Waals surface area (Å²) in [5.74, 6) is 0.788. The number of hydrogen-bond donors (Lipinski definition) is 2. The number of anilines is 1. The van der Waals surface area contributed by atoms with Crippen molar-refractivity contribution in [3.05, 3.63) is 70.2 Å². The van der Waals surface area contributed by atoms with Crippen molar-refractivity contribution in [1.29, 1.82) is 0 Å². The topological polar surface area (TPSA) is 45.1 Å². The number of halogens is 1. The maximum atomic E-state index is 10.3. The number of rotatable bonds is 2. The second-order valence-corrected chi connectivity index (χ2v) is 6.54. The van der Waals surface area contributed by atoms with Gasteiger partial charge < -0.3 is 10.4 Å². The van der Waals surface area contributed by atoms with E-state index in [2.05, 4.69) is 38.4 Å². The van der Waals surface area contributed by atoms with Crippen LogP contribution in [0.1, 0.15) is 17.2 Å². The van der Waals surface area contributed by atoms with E-state index in [0.717, 1.165) is 26.8 Å². The van der Waals surface area contributed by atoms with Gasteiger partial charge in [0.05, 0.1) is 17.7 Å². The van der Waals surface area contributed by atoms with Crippen LogP contribution in [0.2, 0.25) is 0 Å². The molecule has 22 heavy (non-hydrogen) atoms. The first-order chi connectivity index (χ1) is 10.7. The Bertz CT molecular complexity index is 849. The van der Waals surface area contributed by atoms with Gasteiger partial charge in [0.2, 0.25) is 0 Å². The number of pyridine rings is 1. The van der Waals surface area contributed by atoms with Crippen LogP contribution in [0.15, 0.2) is 59.1 Å². The highest BCUT2D eigenvalue weighted by molar-refractivity contribution is 9.10. The van der Waals surface area contributed by atoms with Crippen LogP contribution in [-0.2, 0) is 6.42 Å². The van der Waals surface area contributed by atoms with Crippen molar-refractivity contribution in [2.75, 3.05) is 5.32 Å². The van der Waals surface area contributed by atoms with Crippen LogP contribution in [-0.4, -0.2) is 16.2 Å². The lowest BCUT2D eigenvalue weighted by Crippen LogP contribution is -2.21. The molecular weight excluding hydrogens is 340 g/mol. The first kappa shape index (κ1) is 13.7. The molecule has 2 N–H and O–H groups in total. The molecule has 0 amide bonds. The summed E-state index contributed by atoms with van der Waals surface area (Å²) in [6, 6.07) is 18.1. The third-order valence-electron chi connectivity index (χ3n) is 4.16. The molecule has 110 valence electrons. The maximum absolute atomic E-state index is 10.3. The molecule has 1 heterocycles. The summed E-state index contributed by atoms with van der Waals surface area (Å²) in [5.41, 5.74) is 3.30. The second-order valence-electron chi connectivity index (χ2n) is 5.63. The Morgan fingerprint density at radius 3 is 2.86 bits per heavy atom. The van der Waals surface area contributed by atoms with Crippen LogP contribution in [0.25, 0.3) is 10.9 Å². The largest absolute Gasteiger partial charge is 0.390 e. The molecule has 3 aromatic rings. The summed E-state index contributed by atoms with van der Waals surface area (Å²) >= 11 is 3.47. The monoisotopic (exact) mass is 354 g/mol. The molecule has 0 bridgehead atoms. The molecule has 2 atom stereocenters. The first-order valence-electron chi connectivity index (χ1n) is 7.29. The van der Waals surface area contributed by atoms with Gasteiger partial charge >= 0.3 is 0 Å². The molecule has 3 nitrogen and oxygen atoms in total. The predicted molar refractivity (Wildman–Crippen MR) is 92.0 cm³/mol. The zero-order valence-electron chi connectivity index (χ0n) is 11.8. The Morgan fingerprint density at radius 2 is 1.95 bits per heavy atom. The molecule has 4 rings (SSSR count). The average molecular weight is 355 g/mol. The summed E-state index contributed by atoms with van der Waals surface area (Å²) in [7, 11) is 0. The number of benzene rings is 2. The summed E-state index contributed by atoms with van der Waals surface area (Å²) in [6.07, 6.45) is 0.272. The SMILES string of the molecule is O[C@@H]1Cc2ccccc2[C@@H]1Nc1ccc2cc(Br)ccc2n1. The van der Waals surface area contributed by atoms with Gasteiger partial charge in [-0.05, 0) is 41.5 Å². The standard InChI is InChI=1S/C18H15BrN2O/c19-13-6-7-15-12(9-13)5-8-17(20-15)21-18-14-4-2-1-3-11(14)10-16(18)22/h1-9,16,18,22H,10H2,(H,20,21)/t16-,18+/m1/s1. The number of fused-ring (bicyclic) bond motifs is 2. The Balaban J connectivity index is 1.67. The predicted octanol–water partition coefficient (Wildman–Crippen LogP) is 4.07. The van der Waals surface area contributed by atoms with Gasteiger partial charge in [-0.2, -0.15) is 0 Å². The van der Waals surface area contributed by atoms with Gasteiger partial charge in [-0.15, -0.1) is 0 Å². The van der Waals surface area contributed by atoms with Crippen molar-refractivity contribution in [2.45, 2.75) is 18.6 Å². The fourth-order valence-electron chi connectivity index (χ4n) is 3.08. The van der Waals surface area contributed by atoms with Crippen molar-refractivity contribution in [3.8, 4) is 0 Å². The Hall–Kier alpha value is -1.91. The zero-order valence-corrected chi connectivity index (χ0v) is 13.4. The summed E-state index contributed by atoms with van der Waals surface area (Å²) in [4.78, 5) is 4.64. The van der Waals surface area contributed by atoms with E-state index < -0.39 is 6.10 Å².